The number of allylic oxidation sites excluding steroid dienone is 1. The van der Waals surface area contributed by atoms with Crippen LogP contribution in [0, 0.1) is 13.8 Å². The van der Waals surface area contributed by atoms with Gasteiger partial charge in [0.25, 0.3) is 0 Å². The van der Waals surface area contributed by atoms with Gasteiger partial charge in [-0.25, -0.2) is 0 Å². The molecule has 0 saturated heterocycles. The van der Waals surface area contributed by atoms with Gasteiger partial charge in [-0.15, -0.1) is 0 Å². The van der Waals surface area contributed by atoms with Crippen LogP contribution in [0.15, 0.2) is 49.6 Å². The molecule has 0 heterocycles. The SMILES string of the molecule is C=C(C)c1ccc(C(=C)c2cc(C(C)(C)CCC)c(C)cc2C)cc1. The third kappa shape index (κ3) is 4.12. The topological polar surface area (TPSA) is 0 Å². The summed E-state index contributed by atoms with van der Waals surface area (Å²) < 4.78 is 0. The Hall–Kier alpha value is -2.08. The van der Waals surface area contributed by atoms with E-state index in [-0.39, 0.29) is 5.41 Å². The molecule has 0 aliphatic rings. The molecular weight excluding hydrogens is 300 g/mol. The summed E-state index contributed by atoms with van der Waals surface area (Å²) >= 11 is 0. The summed E-state index contributed by atoms with van der Waals surface area (Å²) in [5.41, 5.74) is 10.1. The molecule has 0 bridgehead atoms. The minimum Gasteiger partial charge on any atom is -0.0955 e. The average molecular weight is 333 g/mol. The number of rotatable bonds is 6. The summed E-state index contributed by atoms with van der Waals surface area (Å²) in [6, 6.07) is 13.3. The van der Waals surface area contributed by atoms with Crippen molar-refractivity contribution in [3.05, 3.63) is 82.9 Å². The van der Waals surface area contributed by atoms with Gasteiger partial charge in [0, 0.05) is 0 Å². The van der Waals surface area contributed by atoms with E-state index in [1.54, 1.807) is 0 Å². The predicted molar refractivity (Wildman–Crippen MR) is 113 cm³/mol. The van der Waals surface area contributed by atoms with Gasteiger partial charge in [-0.1, -0.05) is 82.3 Å². The lowest BCUT2D eigenvalue weighted by atomic mass is 9.76. The molecule has 0 aliphatic heterocycles. The molecule has 0 spiro atoms. The summed E-state index contributed by atoms with van der Waals surface area (Å²) in [6.07, 6.45) is 2.38. The van der Waals surface area contributed by atoms with Crippen molar-refractivity contribution in [2.24, 2.45) is 0 Å². The number of benzene rings is 2. The third-order valence-corrected chi connectivity index (χ3v) is 5.23. The number of hydrogen-bond acceptors (Lipinski definition) is 0. The maximum atomic E-state index is 4.41. The van der Waals surface area contributed by atoms with Crippen molar-refractivity contribution < 1.29 is 0 Å². The zero-order chi connectivity index (χ0) is 18.8. The zero-order valence-corrected chi connectivity index (χ0v) is 16.8. The van der Waals surface area contributed by atoms with Gasteiger partial charge in [0.15, 0.2) is 0 Å². The van der Waals surface area contributed by atoms with Crippen LogP contribution >= 0.6 is 0 Å². The van der Waals surface area contributed by atoms with Crippen molar-refractivity contribution in [2.75, 3.05) is 0 Å². The van der Waals surface area contributed by atoms with E-state index in [0.29, 0.717) is 0 Å². The highest BCUT2D eigenvalue weighted by Crippen LogP contribution is 2.35. The molecule has 2 aromatic rings. The lowest BCUT2D eigenvalue weighted by Crippen LogP contribution is -2.19. The molecule has 0 amide bonds. The first-order valence-corrected chi connectivity index (χ1v) is 9.24. The van der Waals surface area contributed by atoms with Crippen molar-refractivity contribution in [1.29, 1.82) is 0 Å². The van der Waals surface area contributed by atoms with Crippen molar-refractivity contribution in [3.8, 4) is 0 Å². The van der Waals surface area contributed by atoms with Crippen molar-refractivity contribution in [2.45, 2.75) is 59.8 Å². The fraction of sp³-hybridized carbons (Fsp3) is 0.360. The van der Waals surface area contributed by atoms with E-state index in [1.165, 1.54) is 46.2 Å². The van der Waals surface area contributed by atoms with E-state index in [4.69, 9.17) is 0 Å². The van der Waals surface area contributed by atoms with Gasteiger partial charge in [-0.2, -0.15) is 0 Å². The van der Waals surface area contributed by atoms with Crippen LogP contribution in [0.4, 0.5) is 0 Å². The normalized spacial score (nSPS) is 11.4. The Morgan fingerprint density at radius 3 is 2.00 bits per heavy atom. The molecule has 0 nitrogen and oxygen atoms in total. The molecule has 0 aliphatic carbocycles. The second-order valence-corrected chi connectivity index (χ2v) is 7.95. The van der Waals surface area contributed by atoms with Crippen LogP contribution in [-0.2, 0) is 5.41 Å². The molecule has 0 fully saturated rings. The minimum atomic E-state index is 0.186. The van der Waals surface area contributed by atoms with E-state index in [9.17, 15) is 0 Å². The molecule has 132 valence electrons. The first-order chi connectivity index (χ1) is 11.7. The Bertz CT molecular complexity index is 786. The average Bonchev–Trinajstić information content (AvgIpc) is 2.54. The molecule has 2 rings (SSSR count). The highest BCUT2D eigenvalue weighted by molar-refractivity contribution is 5.81. The first kappa shape index (κ1) is 19.2. The molecule has 0 saturated carbocycles. The molecule has 0 N–H and O–H groups in total. The van der Waals surface area contributed by atoms with Gasteiger partial charge >= 0.3 is 0 Å². The van der Waals surface area contributed by atoms with Crippen molar-refractivity contribution in [3.63, 3.8) is 0 Å². The van der Waals surface area contributed by atoms with Gasteiger partial charge in [-0.3, -0.25) is 0 Å². The third-order valence-electron chi connectivity index (χ3n) is 5.23. The van der Waals surface area contributed by atoms with E-state index >= 15 is 0 Å². The largest absolute Gasteiger partial charge is 0.0955 e. The van der Waals surface area contributed by atoms with Gasteiger partial charge < -0.3 is 0 Å². The van der Waals surface area contributed by atoms with Crippen LogP contribution in [0.5, 0.6) is 0 Å². The van der Waals surface area contributed by atoms with Crippen molar-refractivity contribution in [1.82, 2.24) is 0 Å². The van der Waals surface area contributed by atoms with E-state index in [0.717, 1.165) is 11.1 Å². The van der Waals surface area contributed by atoms with Crippen LogP contribution < -0.4 is 0 Å². The van der Waals surface area contributed by atoms with Gasteiger partial charge in [0.2, 0.25) is 0 Å². The molecule has 0 aromatic heterocycles. The summed E-state index contributed by atoms with van der Waals surface area (Å²) in [5, 5.41) is 0. The summed E-state index contributed by atoms with van der Waals surface area (Å²) in [4.78, 5) is 0. The first-order valence-electron chi connectivity index (χ1n) is 9.24. The standard InChI is InChI=1S/C25H32/c1-9-14-25(7,8)24-16-23(18(4)15-19(24)5)20(6)22-12-10-21(11-13-22)17(2)3/h10-13,15-16H,2,6,9,14H2,1,3-5,7-8H3. The van der Waals surface area contributed by atoms with Gasteiger partial charge in [0.1, 0.15) is 0 Å². The van der Waals surface area contributed by atoms with Crippen LogP contribution in [0.2, 0.25) is 0 Å². The van der Waals surface area contributed by atoms with Crippen molar-refractivity contribution >= 4 is 11.1 Å². The maximum absolute atomic E-state index is 4.41. The number of hydrogen-bond donors (Lipinski definition) is 0. The molecule has 0 radical (unpaired) electrons. The zero-order valence-electron chi connectivity index (χ0n) is 16.8. The molecule has 25 heavy (non-hydrogen) atoms. The van der Waals surface area contributed by atoms with Crippen LogP contribution in [-0.4, -0.2) is 0 Å². The summed E-state index contributed by atoms with van der Waals surface area (Å²) in [6.45, 7) is 21.8. The van der Waals surface area contributed by atoms with Crippen LogP contribution in [0.3, 0.4) is 0 Å². The maximum Gasteiger partial charge on any atom is -0.0101 e. The molecule has 2 aromatic carbocycles. The Morgan fingerprint density at radius 1 is 0.920 bits per heavy atom. The monoisotopic (exact) mass is 332 g/mol. The molecule has 0 atom stereocenters. The Labute approximate surface area is 154 Å². The smallest absolute Gasteiger partial charge is 0.0101 e. The quantitative estimate of drug-likeness (QED) is 0.514. The lowest BCUT2D eigenvalue weighted by molar-refractivity contribution is 0.470. The highest BCUT2D eigenvalue weighted by atomic mass is 14.3. The van der Waals surface area contributed by atoms with E-state index < -0.39 is 0 Å². The fourth-order valence-corrected chi connectivity index (χ4v) is 3.78. The minimum absolute atomic E-state index is 0.186. The van der Waals surface area contributed by atoms with Gasteiger partial charge in [-0.05, 0) is 71.6 Å². The predicted octanol–water partition coefficient (Wildman–Crippen LogP) is 7.48. The highest BCUT2D eigenvalue weighted by Gasteiger charge is 2.23. The Morgan fingerprint density at radius 2 is 1.48 bits per heavy atom. The van der Waals surface area contributed by atoms with Crippen LogP contribution in [0.1, 0.15) is 73.9 Å². The molecular formula is C25H32. The molecule has 0 unspecified atom stereocenters. The lowest BCUT2D eigenvalue weighted by Gasteiger charge is -2.28. The second-order valence-electron chi connectivity index (χ2n) is 7.95. The molecule has 0 heteroatoms. The fourth-order valence-electron chi connectivity index (χ4n) is 3.78. The van der Waals surface area contributed by atoms with Crippen LogP contribution in [0.25, 0.3) is 11.1 Å². The Kier molecular flexibility index (Phi) is 5.72. The Balaban J connectivity index is 2.47. The number of aryl methyl sites for hydroxylation is 2. The second kappa shape index (κ2) is 7.44. The summed E-state index contributed by atoms with van der Waals surface area (Å²) in [5.74, 6) is 0. The summed E-state index contributed by atoms with van der Waals surface area (Å²) in [7, 11) is 0. The van der Waals surface area contributed by atoms with E-state index in [2.05, 4.69) is 84.2 Å². The van der Waals surface area contributed by atoms with E-state index in [1.807, 2.05) is 6.92 Å². The van der Waals surface area contributed by atoms with Gasteiger partial charge in [0.05, 0.1) is 0 Å².